The third-order valence-corrected chi connectivity index (χ3v) is 3.85. The first-order chi connectivity index (χ1) is 7.02. The number of piperidine rings is 1. The van der Waals surface area contributed by atoms with Gasteiger partial charge in [-0.05, 0) is 32.2 Å². The highest BCUT2D eigenvalue weighted by molar-refractivity contribution is 4.84. The smallest absolute Gasteiger partial charge is 0.0519 e. The number of nitrogens with zero attached hydrogens (tertiary/aromatic N) is 1. The van der Waals surface area contributed by atoms with Gasteiger partial charge in [0.15, 0.2) is 0 Å². The summed E-state index contributed by atoms with van der Waals surface area (Å²) >= 11 is 0. The van der Waals surface area contributed by atoms with Gasteiger partial charge in [-0.3, -0.25) is 4.90 Å². The zero-order valence-corrected chi connectivity index (χ0v) is 10.2. The summed E-state index contributed by atoms with van der Waals surface area (Å²) in [5.41, 5.74) is -0.356. The van der Waals surface area contributed by atoms with Gasteiger partial charge < -0.3 is 10.2 Å². The lowest BCUT2D eigenvalue weighted by atomic mass is 9.87. The third-order valence-electron chi connectivity index (χ3n) is 3.85. The minimum atomic E-state index is -0.356. The SMILES string of the molecule is CC1CCCN(CC(C)(CO)CO)C1C. The Labute approximate surface area is 93.1 Å². The van der Waals surface area contributed by atoms with Crippen LogP contribution in [-0.4, -0.2) is 47.5 Å². The van der Waals surface area contributed by atoms with Gasteiger partial charge in [-0.1, -0.05) is 13.8 Å². The quantitative estimate of drug-likeness (QED) is 0.738. The fourth-order valence-electron chi connectivity index (χ4n) is 2.28. The number of hydrogen-bond acceptors (Lipinski definition) is 3. The number of aliphatic hydroxyl groups is 2. The molecular weight excluding hydrogens is 190 g/mol. The molecule has 0 aromatic rings. The maximum Gasteiger partial charge on any atom is 0.0519 e. The van der Waals surface area contributed by atoms with Crippen molar-refractivity contribution in [2.45, 2.75) is 39.7 Å². The lowest BCUT2D eigenvalue weighted by Crippen LogP contribution is -2.49. The zero-order valence-electron chi connectivity index (χ0n) is 10.2. The van der Waals surface area contributed by atoms with Crippen LogP contribution in [0.25, 0.3) is 0 Å². The summed E-state index contributed by atoms with van der Waals surface area (Å²) in [6.45, 7) is 8.48. The predicted octanol–water partition coefficient (Wildman–Crippen LogP) is 1.10. The summed E-state index contributed by atoms with van der Waals surface area (Å²) in [7, 11) is 0. The molecule has 0 aliphatic carbocycles. The predicted molar refractivity (Wildman–Crippen MR) is 61.7 cm³/mol. The molecule has 0 aromatic heterocycles. The van der Waals surface area contributed by atoms with Crippen LogP contribution in [-0.2, 0) is 0 Å². The van der Waals surface area contributed by atoms with E-state index < -0.39 is 0 Å². The number of rotatable bonds is 4. The monoisotopic (exact) mass is 215 g/mol. The van der Waals surface area contributed by atoms with E-state index in [9.17, 15) is 10.2 Å². The molecule has 3 nitrogen and oxygen atoms in total. The number of likely N-dealkylation sites (tertiary alicyclic amines) is 1. The number of hydrogen-bond donors (Lipinski definition) is 2. The molecule has 2 unspecified atom stereocenters. The van der Waals surface area contributed by atoms with E-state index in [0.717, 1.165) is 19.0 Å². The summed E-state index contributed by atoms with van der Waals surface area (Å²) in [5.74, 6) is 0.723. The molecule has 1 rings (SSSR count). The molecule has 3 heteroatoms. The van der Waals surface area contributed by atoms with Crippen molar-refractivity contribution in [3.8, 4) is 0 Å². The minimum Gasteiger partial charge on any atom is -0.396 e. The molecule has 15 heavy (non-hydrogen) atoms. The van der Waals surface area contributed by atoms with Gasteiger partial charge in [0.1, 0.15) is 0 Å². The fourth-order valence-corrected chi connectivity index (χ4v) is 2.28. The van der Waals surface area contributed by atoms with Gasteiger partial charge in [0.05, 0.1) is 13.2 Å². The molecule has 2 N–H and O–H groups in total. The highest BCUT2D eigenvalue weighted by atomic mass is 16.3. The summed E-state index contributed by atoms with van der Waals surface area (Å²) in [6, 6.07) is 0.566. The van der Waals surface area contributed by atoms with E-state index in [-0.39, 0.29) is 18.6 Å². The number of aliphatic hydroxyl groups excluding tert-OH is 2. The standard InChI is InChI=1S/C12H25NO2/c1-10-5-4-6-13(11(10)2)7-12(3,8-14)9-15/h10-11,14-15H,4-9H2,1-3H3. The molecule has 0 radical (unpaired) electrons. The van der Waals surface area contributed by atoms with Crippen molar-refractivity contribution in [2.75, 3.05) is 26.3 Å². The van der Waals surface area contributed by atoms with Crippen LogP contribution in [0.3, 0.4) is 0 Å². The molecule has 1 fully saturated rings. The Morgan fingerprint density at radius 1 is 1.27 bits per heavy atom. The van der Waals surface area contributed by atoms with Crippen molar-refractivity contribution in [2.24, 2.45) is 11.3 Å². The van der Waals surface area contributed by atoms with Gasteiger partial charge in [0, 0.05) is 18.0 Å². The first-order valence-electron chi connectivity index (χ1n) is 5.98. The second-order valence-corrected chi connectivity index (χ2v) is 5.46. The topological polar surface area (TPSA) is 43.7 Å². The van der Waals surface area contributed by atoms with Gasteiger partial charge in [0.2, 0.25) is 0 Å². The Balaban J connectivity index is 2.56. The van der Waals surface area contributed by atoms with E-state index in [4.69, 9.17) is 0 Å². The van der Waals surface area contributed by atoms with E-state index in [1.54, 1.807) is 0 Å². The molecular formula is C12H25NO2. The summed E-state index contributed by atoms with van der Waals surface area (Å²) < 4.78 is 0. The molecule has 0 spiro atoms. The lowest BCUT2D eigenvalue weighted by molar-refractivity contribution is 0.00392. The van der Waals surface area contributed by atoms with Crippen LogP contribution in [0.15, 0.2) is 0 Å². The molecule has 0 bridgehead atoms. The first kappa shape index (κ1) is 12.9. The van der Waals surface area contributed by atoms with Crippen molar-refractivity contribution < 1.29 is 10.2 Å². The Morgan fingerprint density at radius 2 is 1.87 bits per heavy atom. The van der Waals surface area contributed by atoms with Gasteiger partial charge in [-0.15, -0.1) is 0 Å². The summed E-state index contributed by atoms with van der Waals surface area (Å²) in [5, 5.41) is 18.6. The van der Waals surface area contributed by atoms with Crippen molar-refractivity contribution in [1.82, 2.24) is 4.90 Å². The van der Waals surface area contributed by atoms with E-state index in [2.05, 4.69) is 18.7 Å². The molecule has 90 valence electrons. The van der Waals surface area contributed by atoms with Crippen molar-refractivity contribution in [3.63, 3.8) is 0 Å². The summed E-state index contributed by atoms with van der Waals surface area (Å²) in [4.78, 5) is 2.40. The normalized spacial score (nSPS) is 29.4. The highest BCUT2D eigenvalue weighted by Gasteiger charge is 2.31. The van der Waals surface area contributed by atoms with Crippen LogP contribution in [0.4, 0.5) is 0 Å². The highest BCUT2D eigenvalue weighted by Crippen LogP contribution is 2.26. The molecule has 0 amide bonds. The van der Waals surface area contributed by atoms with Gasteiger partial charge in [-0.25, -0.2) is 0 Å². The Morgan fingerprint density at radius 3 is 2.40 bits per heavy atom. The average Bonchev–Trinajstić information content (AvgIpc) is 2.25. The van der Waals surface area contributed by atoms with Gasteiger partial charge in [-0.2, -0.15) is 0 Å². The second kappa shape index (κ2) is 5.28. The van der Waals surface area contributed by atoms with Crippen LogP contribution in [0.1, 0.15) is 33.6 Å². The first-order valence-corrected chi connectivity index (χ1v) is 5.98. The molecule has 1 heterocycles. The molecule has 2 atom stereocenters. The lowest BCUT2D eigenvalue weighted by Gasteiger charge is -2.42. The fraction of sp³-hybridized carbons (Fsp3) is 1.00. The van der Waals surface area contributed by atoms with Crippen molar-refractivity contribution in [1.29, 1.82) is 0 Å². The van der Waals surface area contributed by atoms with E-state index in [1.165, 1.54) is 12.8 Å². The van der Waals surface area contributed by atoms with Crippen LogP contribution in [0.5, 0.6) is 0 Å². The second-order valence-electron chi connectivity index (χ2n) is 5.46. The van der Waals surface area contributed by atoms with E-state index in [0.29, 0.717) is 6.04 Å². The van der Waals surface area contributed by atoms with Gasteiger partial charge in [0.25, 0.3) is 0 Å². The Hall–Kier alpha value is -0.120. The van der Waals surface area contributed by atoms with E-state index in [1.807, 2.05) is 6.92 Å². The molecule has 0 saturated carbocycles. The van der Waals surface area contributed by atoms with E-state index >= 15 is 0 Å². The molecule has 0 aromatic carbocycles. The molecule has 1 aliphatic rings. The average molecular weight is 215 g/mol. The molecule has 1 aliphatic heterocycles. The summed E-state index contributed by atoms with van der Waals surface area (Å²) in [6.07, 6.45) is 2.53. The largest absolute Gasteiger partial charge is 0.396 e. The zero-order chi connectivity index (χ0) is 11.5. The Kier molecular flexibility index (Phi) is 4.56. The maximum absolute atomic E-state index is 9.28. The maximum atomic E-state index is 9.28. The van der Waals surface area contributed by atoms with Crippen LogP contribution >= 0.6 is 0 Å². The van der Waals surface area contributed by atoms with Crippen molar-refractivity contribution >= 4 is 0 Å². The van der Waals surface area contributed by atoms with Crippen LogP contribution < -0.4 is 0 Å². The minimum absolute atomic E-state index is 0.0566. The molecule has 1 saturated heterocycles. The van der Waals surface area contributed by atoms with Crippen molar-refractivity contribution in [3.05, 3.63) is 0 Å². The van der Waals surface area contributed by atoms with Crippen LogP contribution in [0, 0.1) is 11.3 Å². The third kappa shape index (κ3) is 3.16. The van der Waals surface area contributed by atoms with Gasteiger partial charge >= 0.3 is 0 Å². The Bertz CT molecular complexity index is 192. The van der Waals surface area contributed by atoms with Crippen LogP contribution in [0.2, 0.25) is 0 Å².